The zero-order chi connectivity index (χ0) is 19.0. The van der Waals surface area contributed by atoms with Crippen molar-refractivity contribution < 1.29 is 4.74 Å². The Morgan fingerprint density at radius 2 is 2.04 bits per heavy atom. The van der Waals surface area contributed by atoms with Crippen molar-refractivity contribution >= 4 is 21.9 Å². The van der Waals surface area contributed by atoms with Crippen LogP contribution in [0.2, 0.25) is 0 Å². The first-order valence-corrected chi connectivity index (χ1v) is 10.3. The van der Waals surface area contributed by atoms with E-state index in [2.05, 4.69) is 60.9 Å². The molecular weight excluding hydrogens is 406 g/mol. The molecule has 1 aliphatic rings. The zero-order valence-corrected chi connectivity index (χ0v) is 17.4. The van der Waals surface area contributed by atoms with E-state index in [4.69, 9.17) is 4.74 Å². The van der Waals surface area contributed by atoms with E-state index in [-0.39, 0.29) is 5.41 Å². The van der Waals surface area contributed by atoms with Crippen molar-refractivity contribution in [1.82, 2.24) is 20.4 Å². The lowest BCUT2D eigenvalue weighted by molar-refractivity contribution is 0.0514. The minimum atomic E-state index is 0.0750. The molecule has 2 N–H and O–H groups in total. The molecule has 1 aromatic heterocycles. The maximum absolute atomic E-state index is 5.63. The first kappa shape index (κ1) is 19.9. The summed E-state index contributed by atoms with van der Waals surface area (Å²) >= 11 is 3.53. The molecule has 2 aromatic rings. The van der Waals surface area contributed by atoms with Crippen LogP contribution in [0.5, 0.6) is 0 Å². The second-order valence-electron chi connectivity index (χ2n) is 6.87. The molecule has 27 heavy (non-hydrogen) atoms. The van der Waals surface area contributed by atoms with Gasteiger partial charge < -0.3 is 15.4 Å². The summed E-state index contributed by atoms with van der Waals surface area (Å²) in [6.45, 7) is 4.20. The Morgan fingerprint density at radius 1 is 1.26 bits per heavy atom. The molecule has 1 aromatic carbocycles. The summed E-state index contributed by atoms with van der Waals surface area (Å²) < 4.78 is 8.68. The predicted molar refractivity (Wildman–Crippen MR) is 112 cm³/mol. The molecule has 1 saturated heterocycles. The number of guanidine groups is 1. The lowest BCUT2D eigenvalue weighted by Crippen LogP contribution is -2.48. The summed E-state index contributed by atoms with van der Waals surface area (Å²) in [4.78, 5) is 4.38. The average Bonchev–Trinajstić information content (AvgIpc) is 3.22. The fraction of sp³-hybridized carbons (Fsp3) is 0.500. The van der Waals surface area contributed by atoms with Gasteiger partial charge in [0.05, 0.1) is 0 Å². The van der Waals surface area contributed by atoms with Gasteiger partial charge in [-0.25, -0.2) is 0 Å². The van der Waals surface area contributed by atoms with Crippen LogP contribution in [0.4, 0.5) is 0 Å². The monoisotopic (exact) mass is 433 g/mol. The third-order valence-corrected chi connectivity index (χ3v) is 5.67. The first-order valence-electron chi connectivity index (χ1n) is 9.48. The normalized spacial score (nSPS) is 16.9. The van der Waals surface area contributed by atoms with Crippen molar-refractivity contribution in [3.63, 3.8) is 0 Å². The molecule has 0 saturated carbocycles. The Balaban J connectivity index is 1.54. The van der Waals surface area contributed by atoms with E-state index in [0.717, 1.165) is 62.5 Å². The van der Waals surface area contributed by atoms with Gasteiger partial charge in [-0.3, -0.25) is 9.67 Å². The summed E-state index contributed by atoms with van der Waals surface area (Å²) in [5, 5.41) is 11.2. The summed E-state index contributed by atoms with van der Waals surface area (Å²) in [5.41, 5.74) is 1.43. The van der Waals surface area contributed by atoms with Crippen molar-refractivity contribution in [1.29, 1.82) is 0 Å². The van der Waals surface area contributed by atoms with Gasteiger partial charge in [-0.1, -0.05) is 28.1 Å². The van der Waals surface area contributed by atoms with Gasteiger partial charge in [-0.2, -0.15) is 5.10 Å². The van der Waals surface area contributed by atoms with Crippen LogP contribution >= 0.6 is 15.9 Å². The highest BCUT2D eigenvalue weighted by Gasteiger charge is 2.34. The Labute approximate surface area is 169 Å². The second kappa shape index (κ2) is 9.90. The lowest BCUT2D eigenvalue weighted by atomic mass is 9.74. The molecule has 1 aliphatic heterocycles. The third-order valence-electron chi connectivity index (χ3n) is 5.14. The van der Waals surface area contributed by atoms with Gasteiger partial charge in [0, 0.05) is 62.2 Å². The van der Waals surface area contributed by atoms with Crippen LogP contribution in [0, 0.1) is 0 Å². The topological polar surface area (TPSA) is 63.5 Å². The molecule has 0 radical (unpaired) electrons. The fourth-order valence-electron chi connectivity index (χ4n) is 3.49. The number of aromatic nitrogens is 2. The molecular formula is C20H28BrN5O. The smallest absolute Gasteiger partial charge is 0.191 e. The minimum Gasteiger partial charge on any atom is -0.381 e. The van der Waals surface area contributed by atoms with Crippen LogP contribution < -0.4 is 10.6 Å². The summed E-state index contributed by atoms with van der Waals surface area (Å²) in [6, 6.07) is 10.6. The van der Waals surface area contributed by atoms with Gasteiger partial charge in [0.1, 0.15) is 0 Å². The lowest BCUT2D eigenvalue weighted by Gasteiger charge is -2.38. The maximum Gasteiger partial charge on any atom is 0.191 e. The van der Waals surface area contributed by atoms with Gasteiger partial charge >= 0.3 is 0 Å². The van der Waals surface area contributed by atoms with E-state index in [0.29, 0.717) is 0 Å². The Morgan fingerprint density at radius 3 is 2.70 bits per heavy atom. The van der Waals surface area contributed by atoms with Crippen LogP contribution in [0.3, 0.4) is 0 Å². The molecule has 0 aliphatic carbocycles. The van der Waals surface area contributed by atoms with E-state index in [1.54, 1.807) is 0 Å². The number of aliphatic imine (C=N–C) groups is 1. The first-order chi connectivity index (χ1) is 13.2. The average molecular weight is 434 g/mol. The van der Waals surface area contributed by atoms with E-state index >= 15 is 0 Å². The van der Waals surface area contributed by atoms with Gasteiger partial charge in [0.2, 0.25) is 0 Å². The number of ether oxygens (including phenoxy) is 1. The van der Waals surface area contributed by atoms with Crippen LogP contribution in [0.15, 0.2) is 52.2 Å². The molecule has 0 atom stereocenters. The van der Waals surface area contributed by atoms with E-state index in [9.17, 15) is 0 Å². The molecule has 1 fully saturated rings. The molecule has 6 nitrogen and oxygen atoms in total. The summed E-state index contributed by atoms with van der Waals surface area (Å²) in [7, 11) is 1.82. The standard InChI is InChI=1S/C20H28BrN5O/c1-22-19(23-10-2-12-26-13-3-11-25-26)24-16-20(8-14-27-15-9-20)17-4-6-18(21)7-5-17/h3-7,11,13H,2,8-10,12,14-16H2,1H3,(H2,22,23,24). The van der Waals surface area contributed by atoms with Gasteiger partial charge in [-0.05, 0) is 43.0 Å². The molecule has 2 heterocycles. The molecule has 146 valence electrons. The molecule has 7 heteroatoms. The number of nitrogens with one attached hydrogen (secondary N) is 2. The third kappa shape index (κ3) is 5.56. The molecule has 0 spiro atoms. The Hall–Kier alpha value is -1.86. The highest BCUT2D eigenvalue weighted by Crippen LogP contribution is 2.34. The number of rotatable bonds is 7. The van der Waals surface area contributed by atoms with Crippen LogP contribution in [-0.4, -0.2) is 49.1 Å². The molecule has 3 rings (SSSR count). The quantitative estimate of drug-likeness (QED) is 0.400. The van der Waals surface area contributed by atoms with Gasteiger partial charge in [0.25, 0.3) is 0 Å². The number of hydrogen-bond donors (Lipinski definition) is 2. The molecule has 0 bridgehead atoms. The van der Waals surface area contributed by atoms with Gasteiger partial charge in [0.15, 0.2) is 5.96 Å². The Bertz CT molecular complexity index is 708. The number of hydrogen-bond acceptors (Lipinski definition) is 3. The highest BCUT2D eigenvalue weighted by molar-refractivity contribution is 9.10. The number of halogens is 1. The largest absolute Gasteiger partial charge is 0.381 e. The van der Waals surface area contributed by atoms with E-state index in [1.165, 1.54) is 5.56 Å². The second-order valence-corrected chi connectivity index (χ2v) is 7.79. The Kier molecular flexibility index (Phi) is 7.29. The zero-order valence-electron chi connectivity index (χ0n) is 15.8. The number of benzene rings is 1. The fourth-order valence-corrected chi connectivity index (χ4v) is 3.75. The SMILES string of the molecule is CN=C(NCCCn1cccn1)NCC1(c2ccc(Br)cc2)CCOCC1. The van der Waals surface area contributed by atoms with Crippen molar-refractivity contribution in [2.75, 3.05) is 33.4 Å². The van der Waals surface area contributed by atoms with Gasteiger partial charge in [-0.15, -0.1) is 0 Å². The molecule has 0 amide bonds. The van der Waals surface area contributed by atoms with Crippen molar-refractivity contribution in [3.05, 3.63) is 52.8 Å². The maximum atomic E-state index is 5.63. The highest BCUT2D eigenvalue weighted by atomic mass is 79.9. The van der Waals surface area contributed by atoms with Crippen molar-refractivity contribution in [3.8, 4) is 0 Å². The van der Waals surface area contributed by atoms with Crippen LogP contribution in [0.25, 0.3) is 0 Å². The van der Waals surface area contributed by atoms with Crippen LogP contribution in [-0.2, 0) is 16.7 Å². The van der Waals surface area contributed by atoms with E-state index in [1.807, 2.05) is 30.2 Å². The predicted octanol–water partition coefficient (Wildman–Crippen LogP) is 2.95. The number of nitrogens with zero attached hydrogens (tertiary/aromatic N) is 3. The summed E-state index contributed by atoms with van der Waals surface area (Å²) in [5.74, 6) is 0.846. The molecule has 0 unspecified atom stereocenters. The van der Waals surface area contributed by atoms with E-state index < -0.39 is 0 Å². The van der Waals surface area contributed by atoms with Crippen LogP contribution in [0.1, 0.15) is 24.8 Å². The summed E-state index contributed by atoms with van der Waals surface area (Å²) in [6.07, 6.45) is 6.81. The van der Waals surface area contributed by atoms with Crippen molar-refractivity contribution in [2.24, 2.45) is 4.99 Å². The number of aryl methyl sites for hydroxylation is 1. The van der Waals surface area contributed by atoms with Crippen molar-refractivity contribution in [2.45, 2.75) is 31.2 Å². The minimum absolute atomic E-state index is 0.0750.